The summed E-state index contributed by atoms with van der Waals surface area (Å²) < 4.78 is 5.29. The minimum absolute atomic E-state index is 0. The first-order valence-electron chi connectivity index (χ1n) is 10.0. The van der Waals surface area contributed by atoms with Crippen LogP contribution in [0.2, 0.25) is 0 Å². The summed E-state index contributed by atoms with van der Waals surface area (Å²) in [6.07, 6.45) is 5.10. The van der Waals surface area contributed by atoms with Gasteiger partial charge in [-0.15, -0.1) is 24.0 Å². The molecule has 1 rings (SSSR count). The highest BCUT2D eigenvalue weighted by atomic mass is 127. The van der Waals surface area contributed by atoms with Gasteiger partial charge in [-0.05, 0) is 53.1 Å². The lowest BCUT2D eigenvalue weighted by Gasteiger charge is -2.24. The summed E-state index contributed by atoms with van der Waals surface area (Å²) in [5.41, 5.74) is 5.60. The zero-order valence-electron chi connectivity index (χ0n) is 17.7. The lowest BCUT2D eigenvalue weighted by molar-refractivity contribution is 0.0523. The molecule has 0 aromatic carbocycles. The van der Waals surface area contributed by atoms with E-state index >= 15 is 0 Å². The first-order chi connectivity index (χ1) is 12.2. The molecule has 2 atom stereocenters. The van der Waals surface area contributed by atoms with E-state index in [4.69, 9.17) is 10.5 Å². The van der Waals surface area contributed by atoms with Crippen LogP contribution in [0.25, 0.3) is 0 Å². The van der Waals surface area contributed by atoms with Gasteiger partial charge >= 0.3 is 6.09 Å². The summed E-state index contributed by atoms with van der Waals surface area (Å²) in [4.78, 5) is 18.9. The number of nitrogens with two attached hydrogens (primary N) is 1. The number of amides is 1. The molecule has 0 spiro atoms. The van der Waals surface area contributed by atoms with Gasteiger partial charge in [0, 0.05) is 18.6 Å². The van der Waals surface area contributed by atoms with Gasteiger partial charge in [0.05, 0.1) is 6.54 Å². The van der Waals surface area contributed by atoms with E-state index in [1.807, 2.05) is 20.8 Å². The largest absolute Gasteiger partial charge is 0.444 e. The van der Waals surface area contributed by atoms with Crippen molar-refractivity contribution >= 4 is 36.0 Å². The number of nitrogens with one attached hydrogen (secondary N) is 2. The Bertz CT molecular complexity index is 454. The van der Waals surface area contributed by atoms with Crippen LogP contribution in [-0.2, 0) is 4.74 Å². The van der Waals surface area contributed by atoms with Gasteiger partial charge in [-0.1, -0.05) is 26.7 Å². The highest BCUT2D eigenvalue weighted by Gasteiger charge is 2.22. The Balaban J connectivity index is 0.00000676. The Morgan fingerprint density at radius 1 is 1.37 bits per heavy atom. The number of unbranched alkanes of at least 4 members (excludes halogenated alkanes) is 1. The molecule has 0 radical (unpaired) electrons. The fourth-order valence-electron chi connectivity index (χ4n) is 3.17. The molecule has 0 saturated carbocycles. The van der Waals surface area contributed by atoms with Gasteiger partial charge in [0.1, 0.15) is 5.60 Å². The number of rotatable bonds is 9. The van der Waals surface area contributed by atoms with Gasteiger partial charge in [-0.2, -0.15) is 0 Å². The maximum Gasteiger partial charge on any atom is 0.407 e. The van der Waals surface area contributed by atoms with E-state index < -0.39 is 11.7 Å². The second kappa shape index (κ2) is 13.4. The van der Waals surface area contributed by atoms with Crippen LogP contribution in [0.15, 0.2) is 4.99 Å². The number of nitrogens with zero attached hydrogens (tertiary/aromatic N) is 2. The fraction of sp³-hybridized carbons (Fsp3) is 0.895. The van der Waals surface area contributed by atoms with Crippen LogP contribution in [-0.4, -0.2) is 60.8 Å². The molecule has 1 heterocycles. The van der Waals surface area contributed by atoms with Crippen molar-refractivity contribution in [2.75, 3.05) is 26.2 Å². The van der Waals surface area contributed by atoms with Gasteiger partial charge in [0.15, 0.2) is 5.96 Å². The summed E-state index contributed by atoms with van der Waals surface area (Å²) in [7, 11) is 0. The molecule has 1 amide bonds. The predicted octanol–water partition coefficient (Wildman–Crippen LogP) is 3.08. The second-order valence-electron chi connectivity index (χ2n) is 8.02. The van der Waals surface area contributed by atoms with E-state index in [0.29, 0.717) is 18.5 Å². The van der Waals surface area contributed by atoms with Gasteiger partial charge in [-0.3, -0.25) is 9.89 Å². The van der Waals surface area contributed by atoms with Crippen LogP contribution >= 0.6 is 24.0 Å². The Labute approximate surface area is 182 Å². The van der Waals surface area contributed by atoms with E-state index in [1.165, 1.54) is 12.8 Å². The highest BCUT2D eigenvalue weighted by molar-refractivity contribution is 14.0. The summed E-state index contributed by atoms with van der Waals surface area (Å²) in [6, 6.07) is 0.548. The van der Waals surface area contributed by atoms with Crippen molar-refractivity contribution in [3.05, 3.63) is 0 Å². The zero-order valence-corrected chi connectivity index (χ0v) is 20.0. The van der Waals surface area contributed by atoms with Crippen LogP contribution in [0.3, 0.4) is 0 Å². The maximum absolute atomic E-state index is 11.9. The third-order valence-corrected chi connectivity index (χ3v) is 4.53. The lowest BCUT2D eigenvalue weighted by Crippen LogP contribution is -2.47. The lowest BCUT2D eigenvalue weighted by atomic mass is 10.1. The van der Waals surface area contributed by atoms with E-state index in [-0.39, 0.29) is 30.0 Å². The molecule has 27 heavy (non-hydrogen) atoms. The summed E-state index contributed by atoms with van der Waals surface area (Å²) in [5.74, 6) is 0.458. The normalized spacial score (nSPS) is 19.3. The van der Waals surface area contributed by atoms with Crippen molar-refractivity contribution in [3.63, 3.8) is 0 Å². The van der Waals surface area contributed by atoms with Crippen LogP contribution in [0.4, 0.5) is 4.79 Å². The van der Waals surface area contributed by atoms with Gasteiger partial charge < -0.3 is 21.1 Å². The van der Waals surface area contributed by atoms with Crippen molar-refractivity contribution in [2.45, 2.75) is 84.4 Å². The molecule has 2 unspecified atom stereocenters. The predicted molar refractivity (Wildman–Crippen MR) is 123 cm³/mol. The second-order valence-corrected chi connectivity index (χ2v) is 8.02. The molecule has 1 aliphatic rings. The molecule has 4 N–H and O–H groups in total. The minimum atomic E-state index is -0.497. The first-order valence-corrected chi connectivity index (χ1v) is 10.0. The molecular formula is C19H40IN5O2. The van der Waals surface area contributed by atoms with E-state index in [1.54, 1.807) is 0 Å². The molecule has 0 aliphatic carbocycles. The van der Waals surface area contributed by atoms with Crippen LogP contribution in [0.5, 0.6) is 0 Å². The van der Waals surface area contributed by atoms with Crippen LogP contribution in [0, 0.1) is 0 Å². The number of hydrogen-bond acceptors (Lipinski definition) is 4. The Hall–Kier alpha value is -0.770. The maximum atomic E-state index is 11.9. The van der Waals surface area contributed by atoms with Gasteiger partial charge in [0.25, 0.3) is 0 Å². The molecule has 8 heteroatoms. The number of likely N-dealkylation sites (tertiary alicyclic amines) is 1. The monoisotopic (exact) mass is 497 g/mol. The molecule has 160 valence electrons. The molecular weight excluding hydrogens is 457 g/mol. The van der Waals surface area contributed by atoms with E-state index in [9.17, 15) is 4.79 Å². The minimum Gasteiger partial charge on any atom is -0.444 e. The number of alkyl carbamates (subject to hydrolysis) is 1. The average Bonchev–Trinajstić information content (AvgIpc) is 3.01. The van der Waals surface area contributed by atoms with Crippen molar-refractivity contribution in [2.24, 2.45) is 10.7 Å². The third-order valence-electron chi connectivity index (χ3n) is 4.53. The molecule has 1 fully saturated rings. The average molecular weight is 497 g/mol. The quantitative estimate of drug-likeness (QED) is 0.259. The zero-order chi connectivity index (χ0) is 19.6. The van der Waals surface area contributed by atoms with Crippen molar-refractivity contribution in [3.8, 4) is 0 Å². The number of likely N-dealkylation sites (N-methyl/N-ethyl adjacent to an activating group) is 1. The highest BCUT2D eigenvalue weighted by Crippen LogP contribution is 2.16. The van der Waals surface area contributed by atoms with E-state index in [0.717, 1.165) is 38.9 Å². The summed E-state index contributed by atoms with van der Waals surface area (Å²) in [5, 5.41) is 6.09. The molecule has 1 aliphatic heterocycles. The van der Waals surface area contributed by atoms with Crippen molar-refractivity contribution < 1.29 is 9.53 Å². The Morgan fingerprint density at radius 3 is 2.67 bits per heavy atom. The number of carbonyl (C=O) groups excluding carboxylic acids is 1. The van der Waals surface area contributed by atoms with Crippen LogP contribution < -0.4 is 16.4 Å². The fourth-order valence-corrected chi connectivity index (χ4v) is 3.17. The SMILES string of the molecule is CCCCC(CNC(=O)OC(C)(C)C)NC(N)=NCC1CCCN1CC.I. The van der Waals surface area contributed by atoms with E-state index in [2.05, 4.69) is 34.4 Å². The number of carbonyl (C=O) groups is 1. The standard InChI is InChI=1S/C19H39N5O2.HI/c1-6-8-10-15(13-22-18(25)26-19(3,4)5)23-17(20)21-14-16-11-9-12-24(16)7-2;/h15-16H,6-14H2,1-5H3,(H,22,25)(H3,20,21,23);1H. The molecule has 0 aromatic rings. The topological polar surface area (TPSA) is 92.0 Å². The molecule has 7 nitrogen and oxygen atoms in total. The number of ether oxygens (including phenoxy) is 1. The summed E-state index contributed by atoms with van der Waals surface area (Å²) in [6.45, 7) is 13.3. The Morgan fingerprint density at radius 2 is 2.07 bits per heavy atom. The number of hydrogen-bond donors (Lipinski definition) is 3. The molecule has 1 saturated heterocycles. The Kier molecular flexibility index (Phi) is 13.0. The van der Waals surface area contributed by atoms with Gasteiger partial charge in [0.2, 0.25) is 0 Å². The molecule has 0 bridgehead atoms. The van der Waals surface area contributed by atoms with Crippen LogP contribution in [0.1, 0.15) is 66.7 Å². The van der Waals surface area contributed by atoms with Crippen molar-refractivity contribution in [1.29, 1.82) is 0 Å². The molecule has 0 aromatic heterocycles. The first kappa shape index (κ1) is 26.2. The number of aliphatic imine (C=N–C) groups is 1. The summed E-state index contributed by atoms with van der Waals surface area (Å²) >= 11 is 0. The van der Waals surface area contributed by atoms with Gasteiger partial charge in [-0.25, -0.2) is 4.79 Å². The number of guanidine groups is 1. The number of halogens is 1. The third kappa shape index (κ3) is 11.6. The smallest absolute Gasteiger partial charge is 0.407 e. The van der Waals surface area contributed by atoms with Crippen molar-refractivity contribution in [1.82, 2.24) is 15.5 Å².